The molecule has 0 aliphatic heterocycles. The van der Waals surface area contributed by atoms with Crippen molar-refractivity contribution >= 4 is 22.8 Å². The summed E-state index contributed by atoms with van der Waals surface area (Å²) in [6.07, 6.45) is 2.14. The van der Waals surface area contributed by atoms with Crippen molar-refractivity contribution in [3.63, 3.8) is 0 Å². The van der Waals surface area contributed by atoms with Gasteiger partial charge < -0.3 is 5.32 Å². The molecule has 0 fully saturated rings. The lowest BCUT2D eigenvalue weighted by atomic mass is 10.1. The fraction of sp³-hybridized carbons (Fsp3) is 0.150. The summed E-state index contributed by atoms with van der Waals surface area (Å²) in [7, 11) is 0. The number of imidazole rings is 1. The Hall–Kier alpha value is -2.59. The van der Waals surface area contributed by atoms with E-state index in [1.165, 1.54) is 16.0 Å². The van der Waals surface area contributed by atoms with E-state index in [1.807, 2.05) is 6.07 Å². The van der Waals surface area contributed by atoms with Crippen molar-refractivity contribution < 1.29 is 0 Å². The molecule has 120 valence electrons. The number of rotatable bonds is 4. The maximum absolute atomic E-state index is 4.85. The summed E-state index contributed by atoms with van der Waals surface area (Å²) in [5.41, 5.74) is 4.45. The summed E-state index contributed by atoms with van der Waals surface area (Å²) in [6.45, 7) is 4.29. The minimum atomic E-state index is 0.199. The average molecular weight is 333 g/mol. The standard InChI is InChI=1S/C20H19N3S/c1-14-10-11-18-22-19(17-9-6-12-24-17)20(23(18)13-14)21-15(2)16-7-4-3-5-8-16/h3-13,15,21H,1-2H3/t15-/m0/s1. The maximum Gasteiger partial charge on any atom is 0.140 e. The van der Waals surface area contributed by atoms with E-state index in [2.05, 4.69) is 83.7 Å². The van der Waals surface area contributed by atoms with Gasteiger partial charge in [-0.3, -0.25) is 4.40 Å². The third-order valence-electron chi connectivity index (χ3n) is 4.17. The minimum Gasteiger partial charge on any atom is -0.363 e. The topological polar surface area (TPSA) is 29.3 Å². The third-order valence-corrected chi connectivity index (χ3v) is 5.05. The SMILES string of the molecule is Cc1ccc2nc(-c3cccs3)c(N[C@@H](C)c3ccccc3)n2c1. The number of nitrogens with one attached hydrogen (secondary N) is 1. The summed E-state index contributed by atoms with van der Waals surface area (Å²) in [6, 6.07) is 19.1. The molecule has 0 saturated carbocycles. The number of thiophene rings is 1. The van der Waals surface area contributed by atoms with Crippen molar-refractivity contribution in [2.24, 2.45) is 0 Å². The molecule has 0 spiro atoms. The van der Waals surface area contributed by atoms with Gasteiger partial charge in [0.05, 0.1) is 4.88 Å². The molecule has 0 aliphatic carbocycles. The maximum atomic E-state index is 4.85. The Kier molecular flexibility index (Phi) is 3.82. The van der Waals surface area contributed by atoms with Crippen molar-refractivity contribution in [3.05, 3.63) is 77.3 Å². The number of nitrogens with zero attached hydrogens (tertiary/aromatic N) is 2. The lowest BCUT2D eigenvalue weighted by Crippen LogP contribution is -2.09. The molecule has 0 radical (unpaired) electrons. The molecular formula is C20H19N3S. The van der Waals surface area contributed by atoms with Crippen LogP contribution in [0.2, 0.25) is 0 Å². The molecular weight excluding hydrogens is 314 g/mol. The Morgan fingerprint density at radius 2 is 1.88 bits per heavy atom. The van der Waals surface area contributed by atoms with Crippen LogP contribution in [0.3, 0.4) is 0 Å². The lowest BCUT2D eigenvalue weighted by molar-refractivity contribution is 0.871. The van der Waals surface area contributed by atoms with Gasteiger partial charge in [-0.2, -0.15) is 0 Å². The highest BCUT2D eigenvalue weighted by atomic mass is 32.1. The van der Waals surface area contributed by atoms with E-state index < -0.39 is 0 Å². The first kappa shape index (κ1) is 15.0. The Balaban J connectivity index is 1.83. The van der Waals surface area contributed by atoms with Gasteiger partial charge in [-0.15, -0.1) is 11.3 Å². The second-order valence-electron chi connectivity index (χ2n) is 6.00. The van der Waals surface area contributed by atoms with Crippen LogP contribution in [0.4, 0.5) is 5.82 Å². The molecule has 0 unspecified atom stereocenters. The highest BCUT2D eigenvalue weighted by Gasteiger charge is 2.17. The monoisotopic (exact) mass is 333 g/mol. The summed E-state index contributed by atoms with van der Waals surface area (Å²) >= 11 is 1.72. The van der Waals surface area contributed by atoms with Gasteiger partial charge >= 0.3 is 0 Å². The number of anilines is 1. The molecule has 1 N–H and O–H groups in total. The smallest absolute Gasteiger partial charge is 0.140 e. The predicted octanol–water partition coefficient (Wildman–Crippen LogP) is 5.54. The zero-order valence-electron chi connectivity index (χ0n) is 13.7. The molecule has 4 aromatic rings. The predicted molar refractivity (Wildman–Crippen MR) is 102 cm³/mol. The first-order valence-electron chi connectivity index (χ1n) is 8.06. The van der Waals surface area contributed by atoms with Gasteiger partial charge in [0.2, 0.25) is 0 Å². The Morgan fingerprint density at radius 3 is 2.62 bits per heavy atom. The van der Waals surface area contributed by atoms with Crippen LogP contribution in [-0.4, -0.2) is 9.38 Å². The van der Waals surface area contributed by atoms with Crippen molar-refractivity contribution in [2.45, 2.75) is 19.9 Å². The number of hydrogen-bond donors (Lipinski definition) is 1. The molecule has 3 nitrogen and oxygen atoms in total. The highest BCUT2D eigenvalue weighted by molar-refractivity contribution is 7.13. The van der Waals surface area contributed by atoms with Gasteiger partial charge in [0.1, 0.15) is 17.2 Å². The van der Waals surface area contributed by atoms with E-state index in [0.29, 0.717) is 0 Å². The largest absolute Gasteiger partial charge is 0.363 e. The second kappa shape index (κ2) is 6.13. The quantitative estimate of drug-likeness (QED) is 0.531. The Bertz CT molecular complexity index is 955. The molecule has 4 rings (SSSR count). The number of fused-ring (bicyclic) bond motifs is 1. The van der Waals surface area contributed by atoms with Gasteiger partial charge in [-0.05, 0) is 42.5 Å². The molecule has 24 heavy (non-hydrogen) atoms. The highest BCUT2D eigenvalue weighted by Crippen LogP contribution is 2.34. The van der Waals surface area contributed by atoms with Crippen molar-refractivity contribution in [2.75, 3.05) is 5.32 Å². The van der Waals surface area contributed by atoms with Gasteiger partial charge in [-0.1, -0.05) is 42.5 Å². The number of benzene rings is 1. The molecule has 0 aliphatic rings. The summed E-state index contributed by atoms with van der Waals surface area (Å²) in [5, 5.41) is 5.76. The van der Waals surface area contributed by atoms with Crippen LogP contribution in [-0.2, 0) is 0 Å². The van der Waals surface area contributed by atoms with Gasteiger partial charge in [0, 0.05) is 12.2 Å². The van der Waals surface area contributed by atoms with E-state index >= 15 is 0 Å². The average Bonchev–Trinajstić information content (AvgIpc) is 3.24. The molecule has 1 atom stereocenters. The molecule has 3 heterocycles. The minimum absolute atomic E-state index is 0.199. The number of aryl methyl sites for hydroxylation is 1. The summed E-state index contributed by atoms with van der Waals surface area (Å²) in [4.78, 5) is 6.03. The first-order chi connectivity index (χ1) is 11.7. The zero-order valence-corrected chi connectivity index (χ0v) is 14.5. The van der Waals surface area contributed by atoms with Crippen LogP contribution in [0.25, 0.3) is 16.2 Å². The molecule has 0 bridgehead atoms. The Morgan fingerprint density at radius 1 is 1.04 bits per heavy atom. The second-order valence-corrected chi connectivity index (χ2v) is 6.95. The van der Waals surface area contributed by atoms with Crippen LogP contribution in [0, 0.1) is 6.92 Å². The van der Waals surface area contributed by atoms with E-state index in [9.17, 15) is 0 Å². The normalized spacial score (nSPS) is 12.4. The summed E-state index contributed by atoms with van der Waals surface area (Å²) in [5.74, 6) is 1.05. The molecule has 0 amide bonds. The van der Waals surface area contributed by atoms with E-state index in [1.54, 1.807) is 11.3 Å². The number of hydrogen-bond acceptors (Lipinski definition) is 3. The zero-order chi connectivity index (χ0) is 16.5. The van der Waals surface area contributed by atoms with Gasteiger partial charge in [0.25, 0.3) is 0 Å². The van der Waals surface area contributed by atoms with E-state index in [-0.39, 0.29) is 6.04 Å². The van der Waals surface area contributed by atoms with Crippen molar-refractivity contribution in [1.82, 2.24) is 9.38 Å². The van der Waals surface area contributed by atoms with E-state index in [4.69, 9.17) is 4.98 Å². The van der Waals surface area contributed by atoms with Crippen molar-refractivity contribution in [3.8, 4) is 10.6 Å². The number of pyridine rings is 1. The van der Waals surface area contributed by atoms with Crippen LogP contribution in [0.1, 0.15) is 24.1 Å². The molecule has 3 aromatic heterocycles. The fourth-order valence-corrected chi connectivity index (χ4v) is 3.62. The molecule has 4 heteroatoms. The van der Waals surface area contributed by atoms with Crippen molar-refractivity contribution in [1.29, 1.82) is 0 Å². The fourth-order valence-electron chi connectivity index (χ4n) is 2.90. The summed E-state index contributed by atoms with van der Waals surface area (Å²) < 4.78 is 2.16. The lowest BCUT2D eigenvalue weighted by Gasteiger charge is -2.16. The molecule has 1 aromatic carbocycles. The van der Waals surface area contributed by atoms with E-state index in [0.717, 1.165) is 17.2 Å². The third kappa shape index (κ3) is 2.69. The van der Waals surface area contributed by atoms with Gasteiger partial charge in [-0.25, -0.2) is 4.98 Å². The van der Waals surface area contributed by atoms with Gasteiger partial charge in [0.15, 0.2) is 0 Å². The van der Waals surface area contributed by atoms with Crippen LogP contribution in [0.5, 0.6) is 0 Å². The van der Waals surface area contributed by atoms with Crippen LogP contribution < -0.4 is 5.32 Å². The van der Waals surface area contributed by atoms with Crippen LogP contribution in [0.15, 0.2) is 66.2 Å². The first-order valence-corrected chi connectivity index (χ1v) is 8.94. The Labute approximate surface area is 145 Å². The molecule has 0 saturated heterocycles. The van der Waals surface area contributed by atoms with Crippen LogP contribution >= 0.6 is 11.3 Å². The number of aromatic nitrogens is 2.